The number of hydrogen-bond acceptors (Lipinski definition) is 5. The molecule has 0 aliphatic carbocycles. The van der Waals surface area contributed by atoms with Gasteiger partial charge in [0, 0.05) is 29.6 Å². The van der Waals surface area contributed by atoms with E-state index in [-0.39, 0.29) is 41.6 Å². The van der Waals surface area contributed by atoms with Gasteiger partial charge in [-0.3, -0.25) is 4.79 Å². The summed E-state index contributed by atoms with van der Waals surface area (Å²) in [7, 11) is -3.75. The van der Waals surface area contributed by atoms with Gasteiger partial charge in [0.2, 0.25) is 15.9 Å². The molecule has 1 amide bonds. The van der Waals surface area contributed by atoms with Gasteiger partial charge in [-0.15, -0.1) is 0 Å². The molecule has 1 N–H and O–H groups in total. The van der Waals surface area contributed by atoms with Crippen molar-refractivity contribution in [2.24, 2.45) is 5.92 Å². The number of ether oxygens (including phenoxy) is 2. The van der Waals surface area contributed by atoms with E-state index in [2.05, 4.69) is 5.32 Å². The smallest absolute Gasteiger partial charge is 0.223 e. The summed E-state index contributed by atoms with van der Waals surface area (Å²) in [6, 6.07) is 11.4. The first kappa shape index (κ1) is 22.8. The standard InChI is InChI=1S/C22H24ClFN2O5S/c23-18-4-3-5-19(24)17(18)14-32(28,29)26-10-8-15(9-11-26)22(27)25-12-16-13-30-20-6-1-2-7-21(20)31-16/h1-7,15-16H,8-14H2,(H,25,27)/t16-/m1/s1. The van der Waals surface area contributed by atoms with Gasteiger partial charge in [-0.25, -0.2) is 17.1 Å². The van der Waals surface area contributed by atoms with Gasteiger partial charge in [-0.05, 0) is 37.1 Å². The van der Waals surface area contributed by atoms with Crippen LogP contribution < -0.4 is 14.8 Å². The summed E-state index contributed by atoms with van der Waals surface area (Å²) in [6.45, 7) is 1.04. The number of hydrogen-bond donors (Lipinski definition) is 1. The maximum absolute atomic E-state index is 14.0. The molecule has 1 fully saturated rings. The largest absolute Gasteiger partial charge is 0.486 e. The van der Waals surface area contributed by atoms with Crippen molar-refractivity contribution < 1.29 is 27.1 Å². The first-order chi connectivity index (χ1) is 15.3. The van der Waals surface area contributed by atoms with Gasteiger partial charge in [-0.2, -0.15) is 0 Å². The number of para-hydroxylation sites is 2. The second-order valence-corrected chi connectivity index (χ2v) is 10.2. The summed E-state index contributed by atoms with van der Waals surface area (Å²) in [6.07, 6.45) is 0.488. The number of halogens is 2. The zero-order valence-electron chi connectivity index (χ0n) is 17.3. The molecule has 0 saturated carbocycles. The van der Waals surface area contributed by atoms with Crippen molar-refractivity contribution in [2.45, 2.75) is 24.7 Å². The molecule has 32 heavy (non-hydrogen) atoms. The van der Waals surface area contributed by atoms with Crippen LogP contribution in [-0.4, -0.2) is 51.0 Å². The Morgan fingerprint density at radius 2 is 1.84 bits per heavy atom. The van der Waals surface area contributed by atoms with Crippen molar-refractivity contribution in [2.75, 3.05) is 26.2 Å². The van der Waals surface area contributed by atoms with E-state index in [0.717, 1.165) is 0 Å². The third kappa shape index (κ3) is 5.16. The summed E-state index contributed by atoms with van der Waals surface area (Å²) in [5, 5.41) is 2.97. The molecule has 2 aliphatic rings. The number of carbonyl (C=O) groups is 1. The number of carbonyl (C=O) groups excluding carboxylic acids is 1. The van der Waals surface area contributed by atoms with E-state index in [4.69, 9.17) is 21.1 Å². The molecule has 2 aromatic carbocycles. The lowest BCUT2D eigenvalue weighted by atomic mass is 9.97. The van der Waals surface area contributed by atoms with Crippen LogP contribution in [0.1, 0.15) is 18.4 Å². The molecule has 2 aromatic rings. The second kappa shape index (κ2) is 9.64. The molecular formula is C22H24ClFN2O5S. The highest BCUT2D eigenvalue weighted by atomic mass is 35.5. The van der Waals surface area contributed by atoms with E-state index in [9.17, 15) is 17.6 Å². The highest BCUT2D eigenvalue weighted by Gasteiger charge is 2.32. The minimum absolute atomic E-state index is 0.0368. The Kier molecular flexibility index (Phi) is 6.88. The molecule has 7 nitrogen and oxygen atoms in total. The van der Waals surface area contributed by atoms with E-state index < -0.39 is 21.6 Å². The highest BCUT2D eigenvalue weighted by Crippen LogP contribution is 2.31. The average Bonchev–Trinajstić information content (AvgIpc) is 2.80. The van der Waals surface area contributed by atoms with E-state index in [0.29, 0.717) is 37.5 Å². The molecule has 2 heterocycles. The maximum atomic E-state index is 14.0. The Bertz CT molecular complexity index is 1070. The number of sulfonamides is 1. The lowest BCUT2D eigenvalue weighted by Crippen LogP contribution is -2.46. The molecule has 0 bridgehead atoms. The average molecular weight is 483 g/mol. The van der Waals surface area contributed by atoms with Gasteiger partial charge < -0.3 is 14.8 Å². The third-order valence-corrected chi connectivity index (χ3v) is 7.84. The number of piperidine rings is 1. The lowest BCUT2D eigenvalue weighted by Gasteiger charge is -2.31. The molecular weight excluding hydrogens is 459 g/mol. The topological polar surface area (TPSA) is 84.9 Å². The number of amides is 1. The summed E-state index contributed by atoms with van der Waals surface area (Å²) in [5.74, 6) is -0.258. The molecule has 0 spiro atoms. The minimum atomic E-state index is -3.75. The SMILES string of the molecule is O=C(NC[C@@H]1COc2ccccc2O1)C1CCN(S(=O)(=O)Cc2c(F)cccc2Cl)CC1. The molecule has 172 valence electrons. The van der Waals surface area contributed by atoms with Crippen LogP contribution in [0.3, 0.4) is 0 Å². The molecule has 4 rings (SSSR count). The molecule has 0 aromatic heterocycles. The van der Waals surface area contributed by atoms with Crippen molar-refractivity contribution in [3.63, 3.8) is 0 Å². The fourth-order valence-corrected chi connectivity index (χ4v) is 5.78. The van der Waals surface area contributed by atoms with Crippen LogP contribution in [0.15, 0.2) is 42.5 Å². The molecule has 0 radical (unpaired) electrons. The molecule has 10 heteroatoms. The Morgan fingerprint density at radius 1 is 1.12 bits per heavy atom. The van der Waals surface area contributed by atoms with Crippen molar-refractivity contribution in [3.05, 3.63) is 58.9 Å². The van der Waals surface area contributed by atoms with Crippen LogP contribution in [0.4, 0.5) is 4.39 Å². The van der Waals surface area contributed by atoms with E-state index >= 15 is 0 Å². The number of nitrogens with zero attached hydrogens (tertiary/aromatic N) is 1. The van der Waals surface area contributed by atoms with Crippen molar-refractivity contribution in [3.8, 4) is 11.5 Å². The van der Waals surface area contributed by atoms with Gasteiger partial charge >= 0.3 is 0 Å². The number of nitrogens with one attached hydrogen (secondary N) is 1. The Labute approximate surface area is 191 Å². The van der Waals surface area contributed by atoms with Crippen molar-refractivity contribution in [1.29, 1.82) is 0 Å². The molecule has 1 atom stereocenters. The summed E-state index contributed by atoms with van der Waals surface area (Å²) < 4.78 is 52.3. The van der Waals surface area contributed by atoms with E-state index in [1.807, 2.05) is 24.3 Å². The van der Waals surface area contributed by atoms with Crippen LogP contribution in [0.5, 0.6) is 11.5 Å². The van der Waals surface area contributed by atoms with Crippen LogP contribution >= 0.6 is 11.6 Å². The predicted octanol–water partition coefficient (Wildman–Crippen LogP) is 2.98. The molecule has 0 unspecified atom stereocenters. The third-order valence-electron chi connectivity index (χ3n) is 5.68. The van der Waals surface area contributed by atoms with Gasteiger partial charge in [0.25, 0.3) is 0 Å². The Morgan fingerprint density at radius 3 is 2.56 bits per heavy atom. The van der Waals surface area contributed by atoms with E-state index in [1.165, 1.54) is 22.5 Å². The van der Waals surface area contributed by atoms with Crippen molar-refractivity contribution >= 4 is 27.5 Å². The first-order valence-electron chi connectivity index (χ1n) is 10.4. The van der Waals surface area contributed by atoms with E-state index in [1.54, 1.807) is 0 Å². The summed E-state index contributed by atoms with van der Waals surface area (Å²) >= 11 is 5.97. The van der Waals surface area contributed by atoms with Gasteiger partial charge in [0.15, 0.2) is 11.5 Å². The number of fused-ring (bicyclic) bond motifs is 1. The first-order valence-corrected chi connectivity index (χ1v) is 12.4. The number of benzene rings is 2. The zero-order valence-corrected chi connectivity index (χ0v) is 18.9. The summed E-state index contributed by atoms with van der Waals surface area (Å²) in [4.78, 5) is 12.6. The van der Waals surface area contributed by atoms with Crippen LogP contribution in [0.2, 0.25) is 5.02 Å². The van der Waals surface area contributed by atoms with Gasteiger partial charge in [0.1, 0.15) is 18.5 Å². The number of rotatable bonds is 6. The monoisotopic (exact) mass is 482 g/mol. The predicted molar refractivity (Wildman–Crippen MR) is 118 cm³/mol. The summed E-state index contributed by atoms with van der Waals surface area (Å²) in [5.41, 5.74) is -0.0368. The molecule has 2 aliphatic heterocycles. The van der Waals surface area contributed by atoms with Crippen molar-refractivity contribution in [1.82, 2.24) is 9.62 Å². The van der Waals surface area contributed by atoms with Gasteiger partial charge in [0.05, 0.1) is 12.3 Å². The normalized spacial score (nSPS) is 19.5. The van der Waals surface area contributed by atoms with Gasteiger partial charge in [-0.1, -0.05) is 29.8 Å². The lowest BCUT2D eigenvalue weighted by molar-refractivity contribution is -0.126. The minimum Gasteiger partial charge on any atom is -0.486 e. The molecule has 1 saturated heterocycles. The maximum Gasteiger partial charge on any atom is 0.223 e. The fourth-order valence-electron chi connectivity index (χ4n) is 3.86. The zero-order chi connectivity index (χ0) is 22.7. The van der Waals surface area contributed by atoms with Crippen LogP contribution in [-0.2, 0) is 20.6 Å². The van der Waals surface area contributed by atoms with Crippen LogP contribution in [0.25, 0.3) is 0 Å². The van der Waals surface area contributed by atoms with Crippen LogP contribution in [0, 0.1) is 11.7 Å². The highest BCUT2D eigenvalue weighted by molar-refractivity contribution is 7.88. The quantitative estimate of drug-likeness (QED) is 0.684. The Hall–Kier alpha value is -2.36. The Balaban J connectivity index is 1.26. The fraction of sp³-hybridized carbons (Fsp3) is 0.409. The second-order valence-electron chi connectivity index (χ2n) is 7.87.